The van der Waals surface area contributed by atoms with Crippen molar-refractivity contribution < 1.29 is 4.79 Å². The van der Waals surface area contributed by atoms with Crippen molar-refractivity contribution in [3.05, 3.63) is 75.6 Å². The van der Waals surface area contributed by atoms with Gasteiger partial charge in [-0.25, -0.2) is 4.98 Å². The van der Waals surface area contributed by atoms with Gasteiger partial charge < -0.3 is 9.80 Å². The van der Waals surface area contributed by atoms with Crippen LogP contribution >= 0.6 is 24.0 Å². The lowest BCUT2D eigenvalue weighted by Crippen LogP contribution is -2.47. The zero-order chi connectivity index (χ0) is 22.9. The molecule has 2 aromatic heterocycles. The molecule has 4 heterocycles. The molecule has 0 spiro atoms. The fourth-order valence-electron chi connectivity index (χ4n) is 4.18. The Hall–Kier alpha value is -3.17. The van der Waals surface area contributed by atoms with Crippen molar-refractivity contribution in [3.63, 3.8) is 0 Å². The number of benzene rings is 1. The largest absolute Gasteiger partial charge is 0.368 e. The Morgan fingerprint density at radius 2 is 1.70 bits per heavy atom. The monoisotopic (exact) mass is 477 g/mol. The second-order valence-electron chi connectivity index (χ2n) is 7.82. The Morgan fingerprint density at radius 3 is 2.39 bits per heavy atom. The van der Waals surface area contributed by atoms with E-state index in [9.17, 15) is 9.59 Å². The standard InChI is InChI=1S/C24H23N5O2S2/c1-2-28-23(31)19(33-24(28)32)16-18-21(25-20-10-6-7-11-29(20)22(18)30)27-14-12-26(13-15-27)17-8-4-3-5-9-17/h3-11,16H,2,12-15H2,1H3/b19-16+. The predicted molar refractivity (Wildman–Crippen MR) is 138 cm³/mol. The summed E-state index contributed by atoms with van der Waals surface area (Å²) in [7, 11) is 0. The minimum absolute atomic E-state index is 0.162. The number of anilines is 2. The number of likely N-dealkylation sites (N-methyl/N-ethyl adjacent to an activating group) is 1. The van der Waals surface area contributed by atoms with Crippen LogP contribution in [0.3, 0.4) is 0 Å². The van der Waals surface area contributed by atoms with E-state index >= 15 is 0 Å². The summed E-state index contributed by atoms with van der Waals surface area (Å²) < 4.78 is 2.04. The number of hydrogen-bond donors (Lipinski definition) is 0. The molecule has 2 aliphatic heterocycles. The molecule has 2 aliphatic rings. The van der Waals surface area contributed by atoms with Crippen molar-refractivity contribution in [2.75, 3.05) is 42.5 Å². The highest BCUT2D eigenvalue weighted by Gasteiger charge is 2.32. The molecule has 0 atom stereocenters. The number of nitrogens with zero attached hydrogens (tertiary/aromatic N) is 5. The van der Waals surface area contributed by atoms with E-state index < -0.39 is 0 Å². The Morgan fingerprint density at radius 1 is 1.00 bits per heavy atom. The smallest absolute Gasteiger partial charge is 0.267 e. The van der Waals surface area contributed by atoms with E-state index in [0.29, 0.717) is 32.8 Å². The van der Waals surface area contributed by atoms with Crippen LogP contribution in [0.2, 0.25) is 0 Å². The number of amides is 1. The first kappa shape index (κ1) is 21.7. The number of thioether (sulfide) groups is 1. The maximum atomic E-state index is 13.5. The maximum absolute atomic E-state index is 13.5. The summed E-state index contributed by atoms with van der Waals surface area (Å²) in [5.41, 5.74) is 2.00. The van der Waals surface area contributed by atoms with E-state index in [1.165, 1.54) is 21.8 Å². The van der Waals surface area contributed by atoms with Crippen molar-refractivity contribution in [2.24, 2.45) is 0 Å². The number of thiocarbonyl (C=S) groups is 1. The molecule has 5 rings (SSSR count). The molecule has 3 aromatic rings. The number of rotatable bonds is 4. The molecule has 0 N–H and O–H groups in total. The van der Waals surface area contributed by atoms with E-state index in [0.717, 1.165) is 26.2 Å². The van der Waals surface area contributed by atoms with Crippen LogP contribution in [0, 0.1) is 0 Å². The third-order valence-electron chi connectivity index (χ3n) is 5.91. The van der Waals surface area contributed by atoms with Crippen molar-refractivity contribution >= 4 is 57.4 Å². The highest BCUT2D eigenvalue weighted by atomic mass is 32.2. The number of fused-ring (bicyclic) bond motifs is 1. The molecule has 1 amide bonds. The summed E-state index contributed by atoms with van der Waals surface area (Å²) >= 11 is 6.58. The van der Waals surface area contributed by atoms with E-state index in [4.69, 9.17) is 17.2 Å². The predicted octanol–water partition coefficient (Wildman–Crippen LogP) is 3.24. The van der Waals surface area contributed by atoms with E-state index in [1.807, 2.05) is 37.3 Å². The molecular formula is C24H23N5O2S2. The van der Waals surface area contributed by atoms with Crippen molar-refractivity contribution in [1.29, 1.82) is 0 Å². The van der Waals surface area contributed by atoms with Crippen molar-refractivity contribution in [3.8, 4) is 0 Å². The first-order valence-electron chi connectivity index (χ1n) is 10.9. The lowest BCUT2D eigenvalue weighted by Gasteiger charge is -2.37. The molecular weight excluding hydrogens is 454 g/mol. The van der Waals surface area contributed by atoms with Crippen LogP contribution in [0.4, 0.5) is 11.5 Å². The van der Waals surface area contributed by atoms with Gasteiger partial charge in [0.25, 0.3) is 11.5 Å². The van der Waals surface area contributed by atoms with E-state index in [2.05, 4.69) is 21.9 Å². The van der Waals surface area contributed by atoms with Gasteiger partial charge in [0.15, 0.2) is 0 Å². The maximum Gasteiger partial charge on any atom is 0.267 e. The summed E-state index contributed by atoms with van der Waals surface area (Å²) in [6.07, 6.45) is 3.37. The molecule has 33 heavy (non-hydrogen) atoms. The van der Waals surface area contributed by atoms with Gasteiger partial charge in [-0.1, -0.05) is 48.2 Å². The summed E-state index contributed by atoms with van der Waals surface area (Å²) in [6.45, 7) is 5.47. The van der Waals surface area contributed by atoms with E-state index in [-0.39, 0.29) is 11.5 Å². The summed E-state index contributed by atoms with van der Waals surface area (Å²) in [4.78, 5) is 37.6. The Labute approximate surface area is 201 Å². The van der Waals surface area contributed by atoms with E-state index in [1.54, 1.807) is 23.2 Å². The van der Waals surface area contributed by atoms with Gasteiger partial charge in [0.1, 0.15) is 15.8 Å². The topological polar surface area (TPSA) is 61.2 Å². The van der Waals surface area contributed by atoms with Crippen LogP contribution < -0.4 is 15.4 Å². The number of pyridine rings is 1. The molecule has 2 fully saturated rings. The second kappa shape index (κ2) is 8.99. The van der Waals surface area contributed by atoms with Gasteiger partial charge in [-0.3, -0.25) is 18.9 Å². The molecule has 0 bridgehead atoms. The third kappa shape index (κ3) is 4.02. The molecule has 168 valence electrons. The number of para-hydroxylation sites is 1. The molecule has 0 aliphatic carbocycles. The fourth-order valence-corrected chi connectivity index (χ4v) is 5.54. The van der Waals surface area contributed by atoms with Gasteiger partial charge in [0.2, 0.25) is 0 Å². The molecule has 0 radical (unpaired) electrons. The minimum atomic E-state index is -0.192. The zero-order valence-corrected chi connectivity index (χ0v) is 19.8. The SMILES string of the molecule is CCN1C(=O)/C(=C\c2c(N3CCN(c4ccccc4)CC3)nc3ccccn3c2=O)SC1=S. The molecule has 9 heteroatoms. The lowest BCUT2D eigenvalue weighted by atomic mass is 10.2. The highest BCUT2D eigenvalue weighted by Crippen LogP contribution is 2.33. The molecule has 0 saturated carbocycles. The molecule has 1 aromatic carbocycles. The molecule has 2 saturated heterocycles. The molecule has 0 unspecified atom stereocenters. The first-order valence-corrected chi connectivity index (χ1v) is 12.1. The zero-order valence-electron chi connectivity index (χ0n) is 18.2. The van der Waals surface area contributed by atoms with Gasteiger partial charge in [-0.05, 0) is 37.3 Å². The lowest BCUT2D eigenvalue weighted by molar-refractivity contribution is -0.121. The van der Waals surface area contributed by atoms with Gasteiger partial charge in [0.05, 0.1) is 10.5 Å². The van der Waals surface area contributed by atoms with Gasteiger partial charge >= 0.3 is 0 Å². The number of piperazine rings is 1. The van der Waals surface area contributed by atoms with Crippen LogP contribution in [0.25, 0.3) is 11.7 Å². The van der Waals surface area contributed by atoms with Crippen molar-refractivity contribution in [2.45, 2.75) is 6.92 Å². The van der Waals surface area contributed by atoms with Crippen molar-refractivity contribution in [1.82, 2.24) is 14.3 Å². The van der Waals surface area contributed by atoms with Gasteiger partial charge in [0, 0.05) is 44.6 Å². The minimum Gasteiger partial charge on any atom is -0.368 e. The van der Waals surface area contributed by atoms with Gasteiger partial charge in [-0.2, -0.15) is 0 Å². The number of hydrogen-bond acceptors (Lipinski definition) is 7. The Bertz CT molecular complexity index is 1310. The van der Waals surface area contributed by atoms with Crippen LogP contribution in [0.1, 0.15) is 12.5 Å². The quantitative estimate of drug-likeness (QED) is 0.422. The summed E-state index contributed by atoms with van der Waals surface area (Å²) in [5.74, 6) is 0.450. The highest BCUT2D eigenvalue weighted by molar-refractivity contribution is 8.26. The Balaban J connectivity index is 1.54. The summed E-state index contributed by atoms with van der Waals surface area (Å²) in [5, 5.41) is 0. The second-order valence-corrected chi connectivity index (χ2v) is 9.49. The number of carbonyl (C=O) groups is 1. The molecule has 7 nitrogen and oxygen atoms in total. The number of carbonyl (C=O) groups excluding carboxylic acids is 1. The third-order valence-corrected chi connectivity index (χ3v) is 7.29. The van der Waals surface area contributed by atoms with Crippen LogP contribution in [0.5, 0.6) is 0 Å². The van der Waals surface area contributed by atoms with Crippen LogP contribution in [0.15, 0.2) is 64.4 Å². The van der Waals surface area contributed by atoms with Gasteiger partial charge in [-0.15, -0.1) is 0 Å². The fraction of sp³-hybridized carbons (Fsp3) is 0.250. The average molecular weight is 478 g/mol. The Kier molecular flexibility index (Phi) is 5.90. The normalized spacial score (nSPS) is 18.1. The van der Waals surface area contributed by atoms with Crippen LogP contribution in [-0.4, -0.2) is 57.2 Å². The summed E-state index contributed by atoms with van der Waals surface area (Å²) in [6, 6.07) is 15.8. The number of aromatic nitrogens is 2. The first-order chi connectivity index (χ1) is 16.1. The van der Waals surface area contributed by atoms with Crippen LogP contribution in [-0.2, 0) is 4.79 Å². The average Bonchev–Trinajstić information content (AvgIpc) is 3.13.